The van der Waals surface area contributed by atoms with Gasteiger partial charge in [-0.05, 0) is 49.3 Å². The van der Waals surface area contributed by atoms with Gasteiger partial charge in [0.2, 0.25) is 10.0 Å². The van der Waals surface area contributed by atoms with E-state index in [1.165, 1.54) is 12.8 Å². The molecule has 0 saturated heterocycles. The molecule has 1 fully saturated rings. The fourth-order valence-corrected chi connectivity index (χ4v) is 5.41. The Morgan fingerprint density at radius 3 is 2.81 bits per heavy atom. The molecule has 116 valence electrons. The Kier molecular flexibility index (Phi) is 4.21. The number of anilines is 1. The van der Waals surface area contributed by atoms with Crippen LogP contribution in [0.4, 0.5) is 5.69 Å². The maximum absolute atomic E-state index is 12.5. The molecule has 2 aliphatic rings. The van der Waals surface area contributed by atoms with Crippen molar-refractivity contribution in [3.05, 3.63) is 23.8 Å². The Balaban J connectivity index is 1.75. The molecular formula is C15H22N2O2S2. The van der Waals surface area contributed by atoms with Gasteiger partial charge in [0.1, 0.15) is 0 Å². The lowest BCUT2D eigenvalue weighted by atomic mass is 10.1. The average Bonchev–Trinajstić information content (AvgIpc) is 3.14. The van der Waals surface area contributed by atoms with Gasteiger partial charge in [-0.1, -0.05) is 12.8 Å². The molecule has 6 heteroatoms. The summed E-state index contributed by atoms with van der Waals surface area (Å²) in [5.74, 6) is 0. The van der Waals surface area contributed by atoms with Gasteiger partial charge in [-0.3, -0.25) is 0 Å². The van der Waals surface area contributed by atoms with Gasteiger partial charge in [-0.15, -0.1) is 0 Å². The smallest absolute Gasteiger partial charge is 0.240 e. The molecule has 2 N–H and O–H groups in total. The lowest BCUT2D eigenvalue weighted by Gasteiger charge is -2.26. The number of hydrogen-bond acceptors (Lipinski definition) is 4. The first kappa shape index (κ1) is 15.2. The molecule has 4 nitrogen and oxygen atoms in total. The summed E-state index contributed by atoms with van der Waals surface area (Å²) in [7, 11) is -3.41. The molecule has 1 aliphatic heterocycles. The average molecular weight is 326 g/mol. The first-order valence-electron chi connectivity index (χ1n) is 7.46. The van der Waals surface area contributed by atoms with E-state index in [1.54, 1.807) is 23.9 Å². The second-order valence-electron chi connectivity index (χ2n) is 5.91. The van der Waals surface area contributed by atoms with Gasteiger partial charge >= 0.3 is 0 Å². The minimum Gasteiger partial charge on any atom is -0.384 e. The lowest BCUT2D eigenvalue weighted by molar-refractivity contribution is 0.551. The van der Waals surface area contributed by atoms with E-state index in [0.29, 0.717) is 11.4 Å². The molecule has 0 radical (unpaired) electrons. The van der Waals surface area contributed by atoms with Crippen molar-refractivity contribution in [3.63, 3.8) is 0 Å². The summed E-state index contributed by atoms with van der Waals surface area (Å²) in [5, 5.41) is 3.25. The third-order valence-corrected chi connectivity index (χ3v) is 7.45. The topological polar surface area (TPSA) is 58.2 Å². The predicted octanol–water partition coefficient (Wildman–Crippen LogP) is 2.61. The Morgan fingerprint density at radius 2 is 2.10 bits per heavy atom. The number of rotatable bonds is 5. The number of thioether (sulfide) groups is 1. The molecule has 1 aromatic carbocycles. The van der Waals surface area contributed by atoms with E-state index in [1.807, 2.05) is 6.07 Å². The van der Waals surface area contributed by atoms with Gasteiger partial charge in [0, 0.05) is 23.5 Å². The Labute approximate surface area is 131 Å². The van der Waals surface area contributed by atoms with Crippen LogP contribution in [0.25, 0.3) is 0 Å². The Bertz CT molecular complexity index is 623. The summed E-state index contributed by atoms with van der Waals surface area (Å²) in [6.45, 7) is 1.42. The molecule has 0 aromatic heterocycles. The SMILES string of the molecule is CSC1(CNS(=O)(=O)c2ccc3c(c2)CCN3)CCCC1. The van der Waals surface area contributed by atoms with E-state index in [0.717, 1.165) is 37.1 Å². The Hall–Kier alpha value is -0.720. The Morgan fingerprint density at radius 1 is 1.33 bits per heavy atom. The summed E-state index contributed by atoms with van der Waals surface area (Å²) < 4.78 is 27.9. The fourth-order valence-electron chi connectivity index (χ4n) is 3.23. The van der Waals surface area contributed by atoms with E-state index < -0.39 is 10.0 Å². The van der Waals surface area contributed by atoms with Crippen LogP contribution in [0.15, 0.2) is 23.1 Å². The number of fused-ring (bicyclic) bond motifs is 1. The number of nitrogens with one attached hydrogen (secondary N) is 2. The second-order valence-corrected chi connectivity index (χ2v) is 8.96. The van der Waals surface area contributed by atoms with Gasteiger partial charge in [0.05, 0.1) is 4.90 Å². The monoisotopic (exact) mass is 326 g/mol. The first-order valence-corrected chi connectivity index (χ1v) is 10.2. The van der Waals surface area contributed by atoms with Crippen LogP contribution in [0.3, 0.4) is 0 Å². The molecule has 1 saturated carbocycles. The van der Waals surface area contributed by atoms with Crippen LogP contribution in [-0.2, 0) is 16.4 Å². The zero-order valence-corrected chi connectivity index (χ0v) is 13.9. The minimum atomic E-state index is -3.41. The number of benzene rings is 1. The van der Waals surface area contributed by atoms with Crippen LogP contribution in [0.5, 0.6) is 0 Å². The van der Waals surface area contributed by atoms with Crippen LogP contribution in [0.2, 0.25) is 0 Å². The van der Waals surface area contributed by atoms with Crippen molar-refractivity contribution in [1.82, 2.24) is 4.72 Å². The summed E-state index contributed by atoms with van der Waals surface area (Å²) in [5.41, 5.74) is 2.16. The normalized spacial score (nSPS) is 20.2. The quantitative estimate of drug-likeness (QED) is 0.873. The van der Waals surface area contributed by atoms with E-state index in [4.69, 9.17) is 0 Å². The molecule has 0 bridgehead atoms. The van der Waals surface area contributed by atoms with Crippen LogP contribution < -0.4 is 10.0 Å². The summed E-state index contributed by atoms with van der Waals surface area (Å²) in [6, 6.07) is 5.37. The molecule has 3 rings (SSSR count). The van der Waals surface area contributed by atoms with Crippen molar-refractivity contribution in [3.8, 4) is 0 Å². The van der Waals surface area contributed by atoms with Gasteiger partial charge in [-0.25, -0.2) is 13.1 Å². The van der Waals surface area contributed by atoms with E-state index in [9.17, 15) is 8.42 Å². The zero-order valence-electron chi connectivity index (χ0n) is 12.3. The summed E-state index contributed by atoms with van der Waals surface area (Å²) >= 11 is 1.80. The van der Waals surface area contributed by atoms with Crippen molar-refractivity contribution in [2.75, 3.05) is 24.7 Å². The van der Waals surface area contributed by atoms with Crippen molar-refractivity contribution in [1.29, 1.82) is 0 Å². The molecule has 0 spiro atoms. The highest BCUT2D eigenvalue weighted by atomic mass is 32.2. The van der Waals surface area contributed by atoms with Gasteiger partial charge in [0.25, 0.3) is 0 Å². The second kappa shape index (κ2) is 5.82. The van der Waals surface area contributed by atoms with Crippen molar-refractivity contribution in [2.45, 2.75) is 41.7 Å². The fraction of sp³-hybridized carbons (Fsp3) is 0.600. The number of hydrogen-bond donors (Lipinski definition) is 2. The van der Waals surface area contributed by atoms with Crippen LogP contribution in [0, 0.1) is 0 Å². The highest BCUT2D eigenvalue weighted by Gasteiger charge is 2.34. The molecule has 21 heavy (non-hydrogen) atoms. The third kappa shape index (κ3) is 3.07. The number of sulfonamides is 1. The molecule has 0 unspecified atom stereocenters. The van der Waals surface area contributed by atoms with E-state index in [2.05, 4.69) is 16.3 Å². The van der Waals surface area contributed by atoms with Crippen molar-refractivity contribution < 1.29 is 8.42 Å². The third-order valence-electron chi connectivity index (χ3n) is 4.63. The summed E-state index contributed by atoms with van der Waals surface area (Å²) in [4.78, 5) is 0.388. The minimum absolute atomic E-state index is 0.0886. The zero-order chi connectivity index (χ0) is 14.9. The van der Waals surface area contributed by atoms with Crippen LogP contribution in [-0.4, -0.2) is 32.5 Å². The first-order chi connectivity index (χ1) is 10.0. The maximum atomic E-state index is 12.5. The standard InChI is InChI=1S/C15H22N2O2S2/c1-20-15(7-2-3-8-15)11-17-21(18,19)13-4-5-14-12(10-13)6-9-16-14/h4-5,10,16-17H,2-3,6-9,11H2,1H3. The lowest BCUT2D eigenvalue weighted by Crippen LogP contribution is -2.38. The largest absolute Gasteiger partial charge is 0.384 e. The van der Waals surface area contributed by atoms with Crippen LogP contribution in [0.1, 0.15) is 31.2 Å². The molecule has 1 aromatic rings. The summed E-state index contributed by atoms with van der Waals surface area (Å²) in [6.07, 6.45) is 7.59. The van der Waals surface area contributed by atoms with Gasteiger partial charge in [-0.2, -0.15) is 11.8 Å². The molecule has 1 heterocycles. The van der Waals surface area contributed by atoms with Crippen molar-refractivity contribution in [2.24, 2.45) is 0 Å². The highest BCUT2D eigenvalue weighted by molar-refractivity contribution is 8.00. The van der Waals surface area contributed by atoms with Gasteiger partial charge in [0.15, 0.2) is 0 Å². The molecule has 0 amide bonds. The molecular weight excluding hydrogens is 304 g/mol. The highest BCUT2D eigenvalue weighted by Crippen LogP contribution is 2.39. The predicted molar refractivity (Wildman–Crippen MR) is 88.5 cm³/mol. The molecule has 1 aliphatic carbocycles. The van der Waals surface area contributed by atoms with E-state index >= 15 is 0 Å². The van der Waals surface area contributed by atoms with Crippen LogP contribution >= 0.6 is 11.8 Å². The molecule has 0 atom stereocenters. The van der Waals surface area contributed by atoms with Gasteiger partial charge < -0.3 is 5.32 Å². The van der Waals surface area contributed by atoms with E-state index in [-0.39, 0.29) is 4.75 Å². The van der Waals surface area contributed by atoms with Crippen molar-refractivity contribution >= 4 is 27.5 Å². The maximum Gasteiger partial charge on any atom is 0.240 e.